The van der Waals surface area contributed by atoms with Crippen molar-refractivity contribution in [3.63, 3.8) is 0 Å². The maximum atomic E-state index is 12.3. The lowest BCUT2D eigenvalue weighted by atomic mass is 9.69. The molecule has 4 heteroatoms. The van der Waals surface area contributed by atoms with E-state index in [1.54, 1.807) is 4.90 Å². The maximum Gasteiger partial charge on any atom is 0.242 e. The van der Waals surface area contributed by atoms with E-state index in [0.29, 0.717) is 5.92 Å². The Bertz CT molecular complexity index is 370. The number of piperidine rings is 1. The first-order valence-electron chi connectivity index (χ1n) is 7.43. The molecule has 1 aliphatic carbocycles. The van der Waals surface area contributed by atoms with Gasteiger partial charge in [-0.25, -0.2) is 0 Å². The zero-order chi connectivity index (χ0) is 13.9. The summed E-state index contributed by atoms with van der Waals surface area (Å²) in [6, 6.07) is 2.24. The summed E-state index contributed by atoms with van der Waals surface area (Å²) in [6.45, 7) is 3.13. The van der Waals surface area contributed by atoms with Crippen LogP contribution >= 0.6 is 0 Å². The third-order valence-corrected chi connectivity index (χ3v) is 4.77. The second-order valence-electron chi connectivity index (χ2n) is 6.33. The molecule has 0 radical (unpaired) electrons. The number of hydrogen-bond acceptors (Lipinski definition) is 3. The molecule has 0 aromatic carbocycles. The molecule has 2 fully saturated rings. The van der Waals surface area contributed by atoms with Crippen LogP contribution in [-0.4, -0.2) is 49.4 Å². The average molecular weight is 263 g/mol. The topological polar surface area (TPSA) is 47.3 Å². The van der Waals surface area contributed by atoms with Crippen molar-refractivity contribution in [1.82, 2.24) is 9.80 Å². The molecule has 1 saturated heterocycles. The first-order valence-corrected chi connectivity index (χ1v) is 7.43. The van der Waals surface area contributed by atoms with E-state index in [1.165, 1.54) is 19.4 Å². The molecule has 1 aliphatic heterocycles. The van der Waals surface area contributed by atoms with Gasteiger partial charge in [-0.2, -0.15) is 5.26 Å². The van der Waals surface area contributed by atoms with Gasteiger partial charge in [-0.05, 0) is 58.0 Å². The van der Waals surface area contributed by atoms with Gasteiger partial charge in [0.1, 0.15) is 5.41 Å². The Hall–Kier alpha value is -1.08. The molecular formula is C15H25N3O. The molecule has 0 aromatic heterocycles. The zero-order valence-electron chi connectivity index (χ0n) is 12.2. The average Bonchev–Trinajstić information content (AvgIpc) is 2.35. The van der Waals surface area contributed by atoms with Gasteiger partial charge in [-0.15, -0.1) is 0 Å². The number of carbonyl (C=O) groups excluding carboxylic acids is 1. The summed E-state index contributed by atoms with van der Waals surface area (Å²) in [5.41, 5.74) is -0.682. The summed E-state index contributed by atoms with van der Waals surface area (Å²) in [5.74, 6) is 0.749. The van der Waals surface area contributed by atoms with E-state index in [1.807, 2.05) is 7.05 Å². The monoisotopic (exact) mass is 263 g/mol. The Balaban J connectivity index is 1.79. The fourth-order valence-corrected chi connectivity index (χ4v) is 3.26. The quantitative estimate of drug-likeness (QED) is 0.778. The van der Waals surface area contributed by atoms with Crippen LogP contribution in [0.4, 0.5) is 0 Å². The number of likely N-dealkylation sites (tertiary alicyclic amines) is 1. The maximum absolute atomic E-state index is 12.3. The molecule has 0 N–H and O–H groups in total. The van der Waals surface area contributed by atoms with Crippen LogP contribution < -0.4 is 0 Å². The predicted molar refractivity (Wildman–Crippen MR) is 74.4 cm³/mol. The largest absolute Gasteiger partial charge is 0.344 e. The first kappa shape index (κ1) is 14.3. The van der Waals surface area contributed by atoms with Crippen LogP contribution in [0.3, 0.4) is 0 Å². The summed E-state index contributed by atoms with van der Waals surface area (Å²) in [7, 11) is 4.02. The summed E-state index contributed by atoms with van der Waals surface area (Å²) in [6.07, 6.45) is 6.11. The van der Waals surface area contributed by atoms with Crippen molar-refractivity contribution in [3.05, 3.63) is 0 Å². The molecule has 1 atom stereocenters. The van der Waals surface area contributed by atoms with Gasteiger partial charge in [0, 0.05) is 20.1 Å². The molecule has 1 saturated carbocycles. The van der Waals surface area contributed by atoms with Crippen LogP contribution in [0.2, 0.25) is 0 Å². The number of rotatable bonds is 4. The summed E-state index contributed by atoms with van der Waals surface area (Å²) >= 11 is 0. The number of hydrogen-bond donors (Lipinski definition) is 0. The van der Waals surface area contributed by atoms with Gasteiger partial charge in [-0.3, -0.25) is 4.79 Å². The molecule has 0 bridgehead atoms. The van der Waals surface area contributed by atoms with Crippen LogP contribution in [0.15, 0.2) is 0 Å². The molecule has 1 heterocycles. The first-order chi connectivity index (χ1) is 9.07. The van der Waals surface area contributed by atoms with E-state index in [4.69, 9.17) is 0 Å². The Morgan fingerprint density at radius 1 is 1.47 bits per heavy atom. The van der Waals surface area contributed by atoms with Crippen molar-refractivity contribution < 1.29 is 4.79 Å². The lowest BCUT2D eigenvalue weighted by Gasteiger charge is -2.37. The summed E-state index contributed by atoms with van der Waals surface area (Å²) in [5, 5.41) is 9.20. The van der Waals surface area contributed by atoms with Crippen molar-refractivity contribution in [3.8, 4) is 6.07 Å². The highest BCUT2D eigenvalue weighted by Gasteiger charge is 2.46. The second kappa shape index (κ2) is 5.92. The molecule has 19 heavy (non-hydrogen) atoms. The van der Waals surface area contributed by atoms with Gasteiger partial charge in [0.15, 0.2) is 0 Å². The van der Waals surface area contributed by atoms with Crippen LogP contribution in [0, 0.1) is 22.7 Å². The fraction of sp³-hybridized carbons (Fsp3) is 0.867. The van der Waals surface area contributed by atoms with Crippen molar-refractivity contribution in [2.45, 2.75) is 38.5 Å². The Labute approximate surface area is 116 Å². The van der Waals surface area contributed by atoms with E-state index in [9.17, 15) is 10.1 Å². The van der Waals surface area contributed by atoms with Crippen molar-refractivity contribution in [2.75, 3.05) is 33.7 Å². The normalized spacial score (nSPS) is 26.3. The lowest BCUT2D eigenvalue weighted by Crippen LogP contribution is -2.46. The summed E-state index contributed by atoms with van der Waals surface area (Å²) in [4.78, 5) is 16.5. The highest BCUT2D eigenvalue weighted by Crippen LogP contribution is 2.41. The third kappa shape index (κ3) is 3.09. The standard InChI is InChI=1S/C15H25N3O/c1-17-9-3-5-13(11-17)6-10-18(2)14(19)15(12-16)7-4-8-15/h13H,3-11H2,1-2H3. The van der Waals surface area contributed by atoms with Crippen LogP contribution in [0.25, 0.3) is 0 Å². The molecule has 1 unspecified atom stereocenters. The highest BCUT2D eigenvalue weighted by atomic mass is 16.2. The molecule has 4 nitrogen and oxygen atoms in total. The number of amides is 1. The number of carbonyl (C=O) groups is 1. The van der Waals surface area contributed by atoms with Gasteiger partial charge in [-0.1, -0.05) is 0 Å². The predicted octanol–water partition coefficient (Wildman–Crippen LogP) is 1.87. The Kier molecular flexibility index (Phi) is 4.46. The molecule has 1 amide bonds. The lowest BCUT2D eigenvalue weighted by molar-refractivity contribution is -0.141. The van der Waals surface area contributed by atoms with Crippen LogP contribution in [0.5, 0.6) is 0 Å². The van der Waals surface area contributed by atoms with Gasteiger partial charge in [0.05, 0.1) is 6.07 Å². The van der Waals surface area contributed by atoms with Crippen molar-refractivity contribution >= 4 is 5.91 Å². The van der Waals surface area contributed by atoms with E-state index in [0.717, 1.165) is 38.8 Å². The number of nitriles is 1. The van der Waals surface area contributed by atoms with Gasteiger partial charge in [0.25, 0.3) is 0 Å². The number of nitrogens with zero attached hydrogens (tertiary/aromatic N) is 3. The van der Waals surface area contributed by atoms with Gasteiger partial charge >= 0.3 is 0 Å². The SMILES string of the molecule is CN1CCCC(CCN(C)C(=O)C2(C#N)CCC2)C1. The molecule has 106 valence electrons. The Morgan fingerprint density at radius 3 is 2.74 bits per heavy atom. The molecule has 2 aliphatic rings. The van der Waals surface area contributed by atoms with Crippen molar-refractivity contribution in [2.24, 2.45) is 11.3 Å². The smallest absolute Gasteiger partial charge is 0.242 e. The Morgan fingerprint density at radius 2 is 2.21 bits per heavy atom. The minimum Gasteiger partial charge on any atom is -0.344 e. The second-order valence-corrected chi connectivity index (χ2v) is 6.33. The molecule has 2 rings (SSSR count). The fourth-order valence-electron chi connectivity index (χ4n) is 3.26. The van der Waals surface area contributed by atoms with Gasteiger partial charge in [0.2, 0.25) is 5.91 Å². The molecule has 0 spiro atoms. The van der Waals surface area contributed by atoms with Crippen molar-refractivity contribution in [1.29, 1.82) is 5.26 Å². The van der Waals surface area contributed by atoms with E-state index in [-0.39, 0.29) is 5.91 Å². The van der Waals surface area contributed by atoms with E-state index >= 15 is 0 Å². The highest BCUT2D eigenvalue weighted by molar-refractivity contribution is 5.86. The molecule has 0 aromatic rings. The minimum atomic E-state index is -0.682. The van der Waals surface area contributed by atoms with E-state index in [2.05, 4.69) is 18.0 Å². The van der Waals surface area contributed by atoms with Crippen LogP contribution in [-0.2, 0) is 4.79 Å². The van der Waals surface area contributed by atoms with Gasteiger partial charge < -0.3 is 9.80 Å². The summed E-state index contributed by atoms with van der Waals surface area (Å²) < 4.78 is 0. The minimum absolute atomic E-state index is 0.0467. The zero-order valence-corrected chi connectivity index (χ0v) is 12.2. The third-order valence-electron chi connectivity index (χ3n) is 4.77. The van der Waals surface area contributed by atoms with Crippen LogP contribution in [0.1, 0.15) is 38.5 Å². The molecular weight excluding hydrogens is 238 g/mol. The van der Waals surface area contributed by atoms with E-state index < -0.39 is 5.41 Å².